The van der Waals surface area contributed by atoms with Crippen molar-refractivity contribution in [1.29, 1.82) is 0 Å². The van der Waals surface area contributed by atoms with Gasteiger partial charge < -0.3 is 10.2 Å². The van der Waals surface area contributed by atoms with Crippen LogP contribution in [0.4, 0.5) is 11.9 Å². The highest BCUT2D eigenvalue weighted by Gasteiger charge is 2.18. The van der Waals surface area contributed by atoms with Crippen LogP contribution >= 0.6 is 11.6 Å². The molecule has 106 valence electrons. The van der Waals surface area contributed by atoms with E-state index in [0.717, 1.165) is 19.5 Å². The summed E-state index contributed by atoms with van der Waals surface area (Å²) < 4.78 is 0. The Morgan fingerprint density at radius 1 is 1.21 bits per heavy atom. The normalized spacial score (nSPS) is 18.4. The zero-order valence-corrected chi connectivity index (χ0v) is 12.6. The zero-order chi connectivity index (χ0) is 13.8. The van der Waals surface area contributed by atoms with Gasteiger partial charge in [0, 0.05) is 19.1 Å². The van der Waals surface area contributed by atoms with Crippen molar-refractivity contribution >= 4 is 23.5 Å². The number of hydrogen-bond donors (Lipinski definition) is 1. The Labute approximate surface area is 119 Å². The first kappa shape index (κ1) is 14.3. The SMILES string of the molecule is CCC(C)C(C)Nc1nc(Cl)nc(N2CCCC2)n1. The second-order valence-electron chi connectivity index (χ2n) is 5.24. The summed E-state index contributed by atoms with van der Waals surface area (Å²) in [6.07, 6.45) is 3.50. The average Bonchev–Trinajstić information content (AvgIpc) is 2.90. The summed E-state index contributed by atoms with van der Waals surface area (Å²) in [6, 6.07) is 0.315. The Bertz CT molecular complexity index is 419. The molecule has 0 radical (unpaired) electrons. The van der Waals surface area contributed by atoms with Crippen molar-refractivity contribution in [3.05, 3.63) is 5.28 Å². The number of halogens is 1. The van der Waals surface area contributed by atoms with Gasteiger partial charge in [-0.15, -0.1) is 0 Å². The first-order chi connectivity index (χ1) is 9.10. The van der Waals surface area contributed by atoms with Gasteiger partial charge in [0.15, 0.2) is 0 Å². The lowest BCUT2D eigenvalue weighted by atomic mass is 10.0. The maximum absolute atomic E-state index is 6.00. The highest BCUT2D eigenvalue weighted by atomic mass is 35.5. The van der Waals surface area contributed by atoms with E-state index in [2.05, 4.69) is 45.9 Å². The molecule has 5 nitrogen and oxygen atoms in total. The molecule has 0 aliphatic carbocycles. The maximum Gasteiger partial charge on any atom is 0.231 e. The van der Waals surface area contributed by atoms with Crippen LogP contribution in [0.2, 0.25) is 5.28 Å². The molecule has 1 aliphatic rings. The lowest BCUT2D eigenvalue weighted by Crippen LogP contribution is -2.26. The summed E-state index contributed by atoms with van der Waals surface area (Å²) in [7, 11) is 0. The number of aromatic nitrogens is 3. The molecule has 1 aliphatic heterocycles. The second kappa shape index (κ2) is 6.37. The third-order valence-corrected chi connectivity index (χ3v) is 4.01. The van der Waals surface area contributed by atoms with E-state index in [-0.39, 0.29) is 5.28 Å². The molecule has 19 heavy (non-hydrogen) atoms. The molecule has 2 atom stereocenters. The third-order valence-electron chi connectivity index (χ3n) is 3.84. The van der Waals surface area contributed by atoms with Crippen molar-refractivity contribution in [2.24, 2.45) is 5.92 Å². The summed E-state index contributed by atoms with van der Waals surface area (Å²) >= 11 is 6.00. The minimum absolute atomic E-state index is 0.260. The molecule has 2 unspecified atom stereocenters. The fourth-order valence-electron chi connectivity index (χ4n) is 2.16. The number of nitrogens with zero attached hydrogens (tertiary/aromatic N) is 4. The first-order valence-electron chi connectivity index (χ1n) is 7.03. The van der Waals surface area contributed by atoms with Crippen LogP contribution in [0.15, 0.2) is 0 Å². The Morgan fingerprint density at radius 2 is 1.89 bits per heavy atom. The van der Waals surface area contributed by atoms with Crippen molar-refractivity contribution in [3.8, 4) is 0 Å². The summed E-state index contributed by atoms with van der Waals surface area (Å²) in [6.45, 7) is 8.53. The molecule has 0 aromatic carbocycles. The van der Waals surface area contributed by atoms with Crippen molar-refractivity contribution in [2.45, 2.75) is 46.1 Å². The highest BCUT2D eigenvalue weighted by Crippen LogP contribution is 2.20. The smallest absolute Gasteiger partial charge is 0.231 e. The molecule has 1 aromatic rings. The number of rotatable bonds is 5. The van der Waals surface area contributed by atoms with E-state index in [9.17, 15) is 0 Å². The van der Waals surface area contributed by atoms with Gasteiger partial charge in [-0.2, -0.15) is 15.0 Å². The van der Waals surface area contributed by atoms with E-state index in [1.54, 1.807) is 0 Å². The van der Waals surface area contributed by atoms with Gasteiger partial charge in [0.2, 0.25) is 17.2 Å². The maximum atomic E-state index is 6.00. The van der Waals surface area contributed by atoms with Gasteiger partial charge in [0.05, 0.1) is 0 Å². The zero-order valence-electron chi connectivity index (χ0n) is 11.9. The van der Waals surface area contributed by atoms with Gasteiger partial charge in [0.1, 0.15) is 0 Å². The third kappa shape index (κ3) is 3.69. The van der Waals surface area contributed by atoms with E-state index in [1.165, 1.54) is 12.8 Å². The van der Waals surface area contributed by atoms with Crippen molar-refractivity contribution in [1.82, 2.24) is 15.0 Å². The predicted octanol–water partition coefficient (Wildman–Crippen LogP) is 2.97. The van der Waals surface area contributed by atoms with Gasteiger partial charge in [-0.1, -0.05) is 20.3 Å². The van der Waals surface area contributed by atoms with Crippen LogP contribution in [0.25, 0.3) is 0 Å². The van der Waals surface area contributed by atoms with Gasteiger partial charge in [-0.25, -0.2) is 0 Å². The van der Waals surface area contributed by atoms with Crippen LogP contribution in [-0.2, 0) is 0 Å². The first-order valence-corrected chi connectivity index (χ1v) is 7.41. The lowest BCUT2D eigenvalue weighted by Gasteiger charge is -2.21. The van der Waals surface area contributed by atoms with Crippen molar-refractivity contribution < 1.29 is 0 Å². The van der Waals surface area contributed by atoms with E-state index < -0.39 is 0 Å². The molecular formula is C13H22ClN5. The molecule has 2 rings (SSSR count). The number of hydrogen-bond acceptors (Lipinski definition) is 5. The van der Waals surface area contributed by atoms with Crippen LogP contribution in [-0.4, -0.2) is 34.1 Å². The van der Waals surface area contributed by atoms with Gasteiger partial charge in [0.25, 0.3) is 0 Å². The summed E-state index contributed by atoms with van der Waals surface area (Å²) in [4.78, 5) is 15.0. The second-order valence-corrected chi connectivity index (χ2v) is 5.58. The van der Waals surface area contributed by atoms with Crippen LogP contribution in [0.3, 0.4) is 0 Å². The van der Waals surface area contributed by atoms with Crippen molar-refractivity contribution in [2.75, 3.05) is 23.3 Å². The molecule has 0 spiro atoms. The minimum Gasteiger partial charge on any atom is -0.351 e. The molecule has 0 amide bonds. The van der Waals surface area contributed by atoms with E-state index >= 15 is 0 Å². The summed E-state index contributed by atoms with van der Waals surface area (Å²) in [5, 5.41) is 3.58. The molecule has 1 saturated heterocycles. The van der Waals surface area contributed by atoms with Gasteiger partial charge in [-0.3, -0.25) is 0 Å². The van der Waals surface area contributed by atoms with E-state index in [4.69, 9.17) is 11.6 Å². The number of nitrogens with one attached hydrogen (secondary N) is 1. The molecule has 1 N–H and O–H groups in total. The van der Waals surface area contributed by atoms with Crippen LogP contribution in [0, 0.1) is 5.92 Å². The summed E-state index contributed by atoms with van der Waals surface area (Å²) in [5.41, 5.74) is 0. The highest BCUT2D eigenvalue weighted by molar-refractivity contribution is 6.28. The Morgan fingerprint density at radius 3 is 2.53 bits per heavy atom. The topological polar surface area (TPSA) is 53.9 Å². The molecule has 0 bridgehead atoms. The standard InChI is InChI=1S/C13H22ClN5/c1-4-9(2)10(3)15-12-16-11(14)17-13(18-12)19-7-5-6-8-19/h9-10H,4-8H2,1-3H3,(H,15,16,17,18). The Balaban J connectivity index is 2.12. The molecule has 0 saturated carbocycles. The van der Waals surface area contributed by atoms with Crippen LogP contribution in [0.5, 0.6) is 0 Å². The van der Waals surface area contributed by atoms with Gasteiger partial charge in [-0.05, 0) is 37.3 Å². The lowest BCUT2D eigenvalue weighted by molar-refractivity contribution is 0.492. The van der Waals surface area contributed by atoms with E-state index in [1.807, 2.05) is 0 Å². The van der Waals surface area contributed by atoms with Crippen LogP contribution < -0.4 is 10.2 Å². The fraction of sp³-hybridized carbons (Fsp3) is 0.769. The van der Waals surface area contributed by atoms with Gasteiger partial charge >= 0.3 is 0 Å². The van der Waals surface area contributed by atoms with Crippen molar-refractivity contribution in [3.63, 3.8) is 0 Å². The summed E-state index contributed by atoms with van der Waals surface area (Å²) in [5.74, 6) is 1.83. The number of anilines is 2. The average molecular weight is 284 g/mol. The molecule has 1 aromatic heterocycles. The fourth-order valence-corrected chi connectivity index (χ4v) is 2.32. The molecule has 6 heteroatoms. The monoisotopic (exact) mass is 283 g/mol. The molecule has 2 heterocycles. The largest absolute Gasteiger partial charge is 0.351 e. The Hall–Kier alpha value is -1.10. The molecular weight excluding hydrogens is 262 g/mol. The minimum atomic E-state index is 0.260. The van der Waals surface area contributed by atoms with E-state index in [0.29, 0.717) is 23.9 Å². The van der Waals surface area contributed by atoms with Crippen LogP contribution in [0.1, 0.15) is 40.0 Å². The Kier molecular flexibility index (Phi) is 4.80. The quantitative estimate of drug-likeness (QED) is 0.900. The molecule has 1 fully saturated rings. The predicted molar refractivity (Wildman–Crippen MR) is 78.8 cm³/mol.